The molecule has 0 unspecified atom stereocenters. The van der Waals surface area contributed by atoms with Crippen LogP contribution in [0.1, 0.15) is 23.4 Å². The van der Waals surface area contributed by atoms with Gasteiger partial charge in [0.05, 0.1) is 23.4 Å². The van der Waals surface area contributed by atoms with Crippen LogP contribution < -0.4 is 4.90 Å². The minimum absolute atomic E-state index is 0.0434. The van der Waals surface area contributed by atoms with E-state index in [0.717, 1.165) is 11.4 Å². The highest BCUT2D eigenvalue weighted by atomic mass is 16.4. The third kappa shape index (κ3) is 3.18. The SMILES string of the molecule is Cc1cc(N(C)CCC(=O)O)c(C#N)c(C)n1. The predicted octanol–water partition coefficient (Wildman–Crippen LogP) is 1.48. The van der Waals surface area contributed by atoms with Gasteiger partial charge in [0.15, 0.2) is 0 Å². The van der Waals surface area contributed by atoms with Crippen LogP contribution in [0.4, 0.5) is 5.69 Å². The minimum Gasteiger partial charge on any atom is -0.481 e. The van der Waals surface area contributed by atoms with E-state index >= 15 is 0 Å². The topological polar surface area (TPSA) is 77.2 Å². The summed E-state index contributed by atoms with van der Waals surface area (Å²) in [5, 5.41) is 17.7. The summed E-state index contributed by atoms with van der Waals surface area (Å²) in [6, 6.07) is 3.91. The highest BCUT2D eigenvalue weighted by molar-refractivity contribution is 5.68. The van der Waals surface area contributed by atoms with E-state index in [0.29, 0.717) is 17.8 Å². The van der Waals surface area contributed by atoms with Crippen molar-refractivity contribution in [2.75, 3.05) is 18.5 Å². The van der Waals surface area contributed by atoms with Crippen molar-refractivity contribution in [3.8, 4) is 6.07 Å². The lowest BCUT2D eigenvalue weighted by Crippen LogP contribution is -2.22. The van der Waals surface area contributed by atoms with Gasteiger partial charge >= 0.3 is 5.97 Å². The Balaban J connectivity index is 3.04. The molecule has 90 valence electrons. The number of nitriles is 1. The van der Waals surface area contributed by atoms with Crippen LogP contribution in [0, 0.1) is 25.2 Å². The lowest BCUT2D eigenvalue weighted by Gasteiger charge is -2.20. The Morgan fingerprint density at radius 2 is 2.24 bits per heavy atom. The lowest BCUT2D eigenvalue weighted by molar-refractivity contribution is -0.136. The zero-order chi connectivity index (χ0) is 13.0. The number of carboxylic acid groups (broad SMARTS) is 1. The van der Waals surface area contributed by atoms with Crippen molar-refractivity contribution in [3.05, 3.63) is 23.0 Å². The van der Waals surface area contributed by atoms with E-state index in [-0.39, 0.29) is 6.42 Å². The number of pyridine rings is 1. The zero-order valence-electron chi connectivity index (χ0n) is 10.2. The fourth-order valence-corrected chi connectivity index (χ4v) is 1.63. The molecule has 1 aromatic heterocycles. The molecule has 0 saturated carbocycles. The summed E-state index contributed by atoms with van der Waals surface area (Å²) in [4.78, 5) is 16.5. The van der Waals surface area contributed by atoms with Crippen LogP contribution in [0.3, 0.4) is 0 Å². The predicted molar refractivity (Wildman–Crippen MR) is 63.9 cm³/mol. The van der Waals surface area contributed by atoms with Crippen molar-refractivity contribution < 1.29 is 9.90 Å². The van der Waals surface area contributed by atoms with Crippen molar-refractivity contribution in [1.82, 2.24) is 4.98 Å². The monoisotopic (exact) mass is 233 g/mol. The van der Waals surface area contributed by atoms with Gasteiger partial charge in [-0.25, -0.2) is 0 Å². The molecular weight excluding hydrogens is 218 g/mol. The van der Waals surface area contributed by atoms with Crippen LogP contribution in [-0.4, -0.2) is 29.7 Å². The van der Waals surface area contributed by atoms with Gasteiger partial charge in [0, 0.05) is 19.3 Å². The van der Waals surface area contributed by atoms with E-state index in [9.17, 15) is 4.79 Å². The number of aromatic nitrogens is 1. The molecule has 5 nitrogen and oxygen atoms in total. The molecule has 0 radical (unpaired) electrons. The van der Waals surface area contributed by atoms with Crippen molar-refractivity contribution in [2.45, 2.75) is 20.3 Å². The summed E-state index contributed by atoms with van der Waals surface area (Å²) in [5.74, 6) is -0.849. The molecule has 1 N–H and O–H groups in total. The second kappa shape index (κ2) is 5.30. The normalized spacial score (nSPS) is 9.76. The molecular formula is C12H15N3O2. The van der Waals surface area contributed by atoms with E-state index in [4.69, 9.17) is 10.4 Å². The van der Waals surface area contributed by atoms with Crippen LogP contribution >= 0.6 is 0 Å². The molecule has 0 spiro atoms. The third-order valence-corrected chi connectivity index (χ3v) is 2.49. The minimum atomic E-state index is -0.849. The number of nitrogens with zero attached hydrogens (tertiary/aromatic N) is 3. The molecule has 0 aliphatic heterocycles. The molecule has 0 aliphatic carbocycles. The van der Waals surface area contributed by atoms with E-state index in [1.165, 1.54) is 0 Å². The quantitative estimate of drug-likeness (QED) is 0.852. The van der Waals surface area contributed by atoms with Gasteiger partial charge in [0.25, 0.3) is 0 Å². The van der Waals surface area contributed by atoms with Crippen LogP contribution in [0.2, 0.25) is 0 Å². The Hall–Kier alpha value is -2.09. The van der Waals surface area contributed by atoms with Gasteiger partial charge in [0.1, 0.15) is 6.07 Å². The Kier molecular flexibility index (Phi) is 4.05. The van der Waals surface area contributed by atoms with E-state index in [2.05, 4.69) is 11.1 Å². The summed E-state index contributed by atoms with van der Waals surface area (Å²) in [6.07, 6.45) is 0.0434. The maximum Gasteiger partial charge on any atom is 0.305 e. The first-order chi connectivity index (χ1) is 7.95. The molecule has 0 aromatic carbocycles. The Morgan fingerprint density at radius 1 is 1.59 bits per heavy atom. The molecule has 5 heteroatoms. The summed E-state index contributed by atoms with van der Waals surface area (Å²) in [6.45, 7) is 4.00. The number of hydrogen-bond acceptors (Lipinski definition) is 4. The van der Waals surface area contributed by atoms with Crippen molar-refractivity contribution in [1.29, 1.82) is 5.26 Å². The van der Waals surface area contributed by atoms with Gasteiger partial charge in [0.2, 0.25) is 0 Å². The van der Waals surface area contributed by atoms with Gasteiger partial charge in [-0.1, -0.05) is 0 Å². The molecule has 0 aliphatic rings. The molecule has 0 bridgehead atoms. The molecule has 0 amide bonds. The molecule has 0 fully saturated rings. The fourth-order valence-electron chi connectivity index (χ4n) is 1.63. The average Bonchev–Trinajstić information content (AvgIpc) is 2.24. The molecule has 1 rings (SSSR count). The number of anilines is 1. The number of hydrogen-bond donors (Lipinski definition) is 1. The summed E-state index contributed by atoms with van der Waals surface area (Å²) >= 11 is 0. The fraction of sp³-hybridized carbons (Fsp3) is 0.417. The highest BCUT2D eigenvalue weighted by Crippen LogP contribution is 2.22. The van der Waals surface area contributed by atoms with E-state index in [1.54, 1.807) is 24.9 Å². The third-order valence-electron chi connectivity index (χ3n) is 2.49. The zero-order valence-corrected chi connectivity index (χ0v) is 10.2. The highest BCUT2D eigenvalue weighted by Gasteiger charge is 2.12. The first-order valence-electron chi connectivity index (χ1n) is 5.27. The van der Waals surface area contributed by atoms with Gasteiger partial charge < -0.3 is 10.0 Å². The first kappa shape index (κ1) is 13.0. The Morgan fingerprint density at radius 3 is 2.76 bits per heavy atom. The second-order valence-corrected chi connectivity index (χ2v) is 3.92. The summed E-state index contributed by atoms with van der Waals surface area (Å²) in [7, 11) is 1.78. The van der Waals surface area contributed by atoms with Crippen LogP contribution in [0.15, 0.2) is 6.07 Å². The maximum atomic E-state index is 10.5. The number of aliphatic carboxylic acids is 1. The summed E-state index contributed by atoms with van der Waals surface area (Å²) in [5.41, 5.74) is 2.73. The molecule has 0 atom stereocenters. The Labute approximate surface area is 100 Å². The molecule has 0 saturated heterocycles. The number of carbonyl (C=O) groups is 1. The number of carboxylic acids is 1. The van der Waals surface area contributed by atoms with Gasteiger partial charge in [-0.2, -0.15) is 5.26 Å². The van der Waals surface area contributed by atoms with Crippen LogP contribution in [0.5, 0.6) is 0 Å². The van der Waals surface area contributed by atoms with Gasteiger partial charge in [-0.3, -0.25) is 9.78 Å². The Bertz CT molecular complexity index is 477. The van der Waals surface area contributed by atoms with Gasteiger partial charge in [-0.15, -0.1) is 0 Å². The standard InChI is InChI=1S/C12H15N3O2/c1-8-6-11(10(7-13)9(2)14-8)15(3)5-4-12(16)17/h6H,4-5H2,1-3H3,(H,16,17). The van der Waals surface area contributed by atoms with Crippen LogP contribution in [-0.2, 0) is 4.79 Å². The largest absolute Gasteiger partial charge is 0.481 e. The van der Waals surface area contributed by atoms with Crippen molar-refractivity contribution in [2.24, 2.45) is 0 Å². The van der Waals surface area contributed by atoms with E-state index < -0.39 is 5.97 Å². The van der Waals surface area contributed by atoms with E-state index in [1.807, 2.05) is 6.92 Å². The number of rotatable bonds is 4. The van der Waals surface area contributed by atoms with Crippen molar-refractivity contribution in [3.63, 3.8) is 0 Å². The summed E-state index contributed by atoms with van der Waals surface area (Å²) < 4.78 is 0. The molecule has 1 heterocycles. The number of aryl methyl sites for hydroxylation is 2. The van der Waals surface area contributed by atoms with Crippen LogP contribution in [0.25, 0.3) is 0 Å². The van der Waals surface area contributed by atoms with Crippen molar-refractivity contribution >= 4 is 11.7 Å². The first-order valence-corrected chi connectivity index (χ1v) is 5.27. The molecule has 1 aromatic rings. The lowest BCUT2D eigenvalue weighted by atomic mass is 10.1. The average molecular weight is 233 g/mol. The maximum absolute atomic E-state index is 10.5. The smallest absolute Gasteiger partial charge is 0.305 e. The molecule has 17 heavy (non-hydrogen) atoms. The van der Waals surface area contributed by atoms with Gasteiger partial charge in [-0.05, 0) is 19.9 Å². The second-order valence-electron chi connectivity index (χ2n) is 3.92.